The standard InChI is InChI=1S/C14H8FNO2/c15-13-7-3-11(4-8-13)1-2-12-5-9-14(10-6-12)16(17)18/h3-10H. The van der Waals surface area contributed by atoms with Crippen LogP contribution >= 0.6 is 0 Å². The maximum absolute atomic E-state index is 12.7. The Morgan fingerprint density at radius 1 is 0.889 bits per heavy atom. The van der Waals surface area contributed by atoms with Crippen LogP contribution in [0.25, 0.3) is 0 Å². The molecule has 0 amide bonds. The van der Waals surface area contributed by atoms with Gasteiger partial charge in [0.15, 0.2) is 0 Å². The Kier molecular flexibility index (Phi) is 3.35. The summed E-state index contributed by atoms with van der Waals surface area (Å²) in [5.41, 5.74) is 1.39. The van der Waals surface area contributed by atoms with Gasteiger partial charge in [-0.2, -0.15) is 0 Å². The largest absolute Gasteiger partial charge is 0.269 e. The molecule has 0 N–H and O–H groups in total. The molecule has 0 saturated heterocycles. The van der Waals surface area contributed by atoms with Crippen LogP contribution in [0.5, 0.6) is 0 Å². The molecule has 88 valence electrons. The van der Waals surface area contributed by atoms with E-state index in [1.807, 2.05) is 0 Å². The van der Waals surface area contributed by atoms with Crippen LogP contribution < -0.4 is 0 Å². The molecule has 2 aromatic carbocycles. The molecule has 0 saturated carbocycles. The van der Waals surface area contributed by atoms with Gasteiger partial charge in [0.1, 0.15) is 5.82 Å². The van der Waals surface area contributed by atoms with E-state index in [0.29, 0.717) is 11.1 Å². The van der Waals surface area contributed by atoms with Crippen LogP contribution in [0.15, 0.2) is 48.5 Å². The minimum absolute atomic E-state index is 0.0299. The summed E-state index contributed by atoms with van der Waals surface area (Å²) in [6.07, 6.45) is 0. The van der Waals surface area contributed by atoms with E-state index >= 15 is 0 Å². The molecule has 0 radical (unpaired) electrons. The van der Waals surface area contributed by atoms with Gasteiger partial charge in [-0.25, -0.2) is 4.39 Å². The van der Waals surface area contributed by atoms with Crippen LogP contribution in [0.2, 0.25) is 0 Å². The van der Waals surface area contributed by atoms with Crippen molar-refractivity contribution in [2.45, 2.75) is 0 Å². The van der Waals surface area contributed by atoms with Crippen LogP contribution in [-0.2, 0) is 0 Å². The number of hydrogen-bond donors (Lipinski definition) is 0. The van der Waals surface area contributed by atoms with E-state index in [1.54, 1.807) is 24.3 Å². The van der Waals surface area contributed by atoms with Crippen molar-refractivity contribution in [1.29, 1.82) is 0 Å². The number of benzene rings is 2. The lowest BCUT2D eigenvalue weighted by molar-refractivity contribution is -0.384. The van der Waals surface area contributed by atoms with E-state index in [-0.39, 0.29) is 11.5 Å². The Labute approximate surface area is 103 Å². The molecule has 0 aliphatic carbocycles. The lowest BCUT2D eigenvalue weighted by Gasteiger charge is -1.92. The van der Waals surface area contributed by atoms with Crippen molar-refractivity contribution in [2.75, 3.05) is 0 Å². The summed E-state index contributed by atoms with van der Waals surface area (Å²) in [5.74, 6) is 5.39. The van der Waals surface area contributed by atoms with E-state index in [1.165, 1.54) is 24.3 Å². The van der Waals surface area contributed by atoms with Crippen LogP contribution in [0.1, 0.15) is 11.1 Å². The van der Waals surface area contributed by atoms with E-state index in [4.69, 9.17) is 0 Å². The summed E-state index contributed by atoms with van der Waals surface area (Å²) in [7, 11) is 0. The highest BCUT2D eigenvalue weighted by molar-refractivity contribution is 5.45. The van der Waals surface area contributed by atoms with Crippen molar-refractivity contribution in [3.63, 3.8) is 0 Å². The van der Waals surface area contributed by atoms with Crippen LogP contribution in [0.3, 0.4) is 0 Å². The van der Waals surface area contributed by atoms with E-state index < -0.39 is 4.92 Å². The molecule has 0 unspecified atom stereocenters. The fourth-order valence-electron chi connectivity index (χ4n) is 1.34. The van der Waals surface area contributed by atoms with Gasteiger partial charge in [-0.1, -0.05) is 11.8 Å². The van der Waals surface area contributed by atoms with Gasteiger partial charge in [-0.3, -0.25) is 10.1 Å². The van der Waals surface area contributed by atoms with Crippen molar-refractivity contribution in [2.24, 2.45) is 0 Å². The number of non-ortho nitro benzene ring substituents is 1. The van der Waals surface area contributed by atoms with Crippen LogP contribution in [0, 0.1) is 27.8 Å². The quantitative estimate of drug-likeness (QED) is 0.437. The molecule has 0 heterocycles. The zero-order valence-electron chi connectivity index (χ0n) is 9.26. The Morgan fingerprint density at radius 3 is 1.78 bits per heavy atom. The van der Waals surface area contributed by atoms with Gasteiger partial charge in [0, 0.05) is 23.3 Å². The third-order valence-corrected chi connectivity index (χ3v) is 2.27. The first-order valence-corrected chi connectivity index (χ1v) is 5.17. The summed E-state index contributed by atoms with van der Waals surface area (Å²) in [6, 6.07) is 11.8. The minimum Gasteiger partial charge on any atom is -0.258 e. The smallest absolute Gasteiger partial charge is 0.258 e. The molecule has 0 aliphatic heterocycles. The third-order valence-electron chi connectivity index (χ3n) is 2.27. The number of rotatable bonds is 1. The molecule has 4 heteroatoms. The van der Waals surface area contributed by atoms with E-state index in [2.05, 4.69) is 11.8 Å². The first kappa shape index (κ1) is 11.8. The Balaban J connectivity index is 2.19. The average molecular weight is 241 g/mol. The molecule has 18 heavy (non-hydrogen) atoms. The lowest BCUT2D eigenvalue weighted by atomic mass is 10.2. The van der Waals surface area contributed by atoms with Crippen molar-refractivity contribution in [3.8, 4) is 11.8 Å². The second-order valence-corrected chi connectivity index (χ2v) is 3.56. The monoisotopic (exact) mass is 241 g/mol. The topological polar surface area (TPSA) is 43.1 Å². The molecule has 0 bridgehead atoms. The molecule has 0 fully saturated rings. The fraction of sp³-hybridized carbons (Fsp3) is 0. The minimum atomic E-state index is -0.461. The molecule has 3 nitrogen and oxygen atoms in total. The first-order valence-electron chi connectivity index (χ1n) is 5.17. The zero-order chi connectivity index (χ0) is 13.0. The zero-order valence-corrected chi connectivity index (χ0v) is 9.26. The first-order chi connectivity index (χ1) is 8.65. The van der Waals surface area contributed by atoms with Gasteiger partial charge < -0.3 is 0 Å². The molecule has 0 aliphatic rings. The summed E-state index contributed by atoms with van der Waals surface area (Å²) < 4.78 is 12.7. The normalized spacial score (nSPS) is 9.39. The van der Waals surface area contributed by atoms with Crippen molar-refractivity contribution >= 4 is 5.69 Å². The summed E-state index contributed by atoms with van der Waals surface area (Å²) in [6.45, 7) is 0. The Morgan fingerprint density at radius 2 is 1.33 bits per heavy atom. The summed E-state index contributed by atoms with van der Waals surface area (Å²) in [4.78, 5) is 10.00. The van der Waals surface area contributed by atoms with Crippen LogP contribution in [-0.4, -0.2) is 4.92 Å². The Hall–Kier alpha value is -2.67. The van der Waals surface area contributed by atoms with E-state index in [9.17, 15) is 14.5 Å². The molecular formula is C14H8FNO2. The molecule has 0 atom stereocenters. The number of nitro benzene ring substituents is 1. The highest BCUT2D eigenvalue weighted by Crippen LogP contribution is 2.11. The molecule has 2 rings (SSSR count). The van der Waals surface area contributed by atoms with Gasteiger partial charge in [-0.15, -0.1) is 0 Å². The number of hydrogen-bond acceptors (Lipinski definition) is 2. The second kappa shape index (κ2) is 5.11. The lowest BCUT2D eigenvalue weighted by Crippen LogP contribution is -1.86. The highest BCUT2D eigenvalue weighted by atomic mass is 19.1. The summed E-state index contributed by atoms with van der Waals surface area (Å²) >= 11 is 0. The molecule has 2 aromatic rings. The predicted molar refractivity (Wildman–Crippen MR) is 65.5 cm³/mol. The maximum Gasteiger partial charge on any atom is 0.269 e. The number of nitro groups is 1. The second-order valence-electron chi connectivity index (χ2n) is 3.56. The number of halogens is 1. The predicted octanol–water partition coefficient (Wildman–Crippen LogP) is 3.13. The third kappa shape index (κ3) is 2.92. The molecule has 0 aromatic heterocycles. The van der Waals surface area contributed by atoms with Crippen molar-refractivity contribution in [1.82, 2.24) is 0 Å². The van der Waals surface area contributed by atoms with Gasteiger partial charge in [0.05, 0.1) is 4.92 Å². The molecular weight excluding hydrogens is 233 g/mol. The van der Waals surface area contributed by atoms with Gasteiger partial charge in [0.25, 0.3) is 5.69 Å². The van der Waals surface area contributed by atoms with Gasteiger partial charge in [0.2, 0.25) is 0 Å². The Bertz CT molecular complexity index is 622. The van der Waals surface area contributed by atoms with Crippen molar-refractivity contribution < 1.29 is 9.31 Å². The van der Waals surface area contributed by atoms with Gasteiger partial charge >= 0.3 is 0 Å². The number of nitrogens with zero attached hydrogens (tertiary/aromatic N) is 1. The maximum atomic E-state index is 12.7. The highest BCUT2D eigenvalue weighted by Gasteiger charge is 2.02. The fourth-order valence-corrected chi connectivity index (χ4v) is 1.34. The summed E-state index contributed by atoms with van der Waals surface area (Å²) in [5, 5.41) is 10.5. The van der Waals surface area contributed by atoms with E-state index in [0.717, 1.165) is 0 Å². The van der Waals surface area contributed by atoms with Crippen LogP contribution in [0.4, 0.5) is 10.1 Å². The SMILES string of the molecule is O=[N+]([O-])c1ccc(C#Cc2ccc(F)cc2)cc1. The van der Waals surface area contributed by atoms with Gasteiger partial charge in [-0.05, 0) is 36.4 Å². The average Bonchev–Trinajstić information content (AvgIpc) is 2.38. The molecule has 0 spiro atoms. The van der Waals surface area contributed by atoms with Crippen molar-refractivity contribution in [3.05, 3.63) is 75.6 Å².